The van der Waals surface area contributed by atoms with Gasteiger partial charge in [-0.1, -0.05) is 24.3 Å². The summed E-state index contributed by atoms with van der Waals surface area (Å²) in [5.41, 5.74) is -0.135. The molecule has 3 aromatic rings. The van der Waals surface area contributed by atoms with Gasteiger partial charge in [-0.15, -0.1) is 11.8 Å². The number of esters is 1. The van der Waals surface area contributed by atoms with Gasteiger partial charge >= 0.3 is 5.97 Å². The maximum atomic E-state index is 13.9. The van der Waals surface area contributed by atoms with Crippen molar-refractivity contribution < 1.29 is 28.6 Å². The first-order valence-electron chi connectivity index (χ1n) is 8.98. The minimum Gasteiger partial charge on any atom is -0.508 e. The normalized spacial score (nSPS) is 11.8. The molecule has 8 heteroatoms. The molecule has 2 N–H and O–H groups in total. The van der Waals surface area contributed by atoms with Gasteiger partial charge in [0.25, 0.3) is 0 Å². The molecule has 0 spiro atoms. The van der Waals surface area contributed by atoms with Gasteiger partial charge in [0.15, 0.2) is 5.76 Å². The predicted molar refractivity (Wildman–Crippen MR) is 109 cm³/mol. The van der Waals surface area contributed by atoms with Gasteiger partial charge < -0.3 is 19.4 Å². The Bertz CT molecular complexity index is 1090. The number of rotatable bonds is 7. The summed E-state index contributed by atoms with van der Waals surface area (Å²) in [6.45, 7) is 0. The Morgan fingerprint density at radius 3 is 2.53 bits per heavy atom. The number of carbonyl (C=O) groups excluding carboxylic acids is 1. The number of thioether (sulfide) groups is 1. The molecular weight excluding hydrogens is 411 g/mol. The highest BCUT2D eigenvalue weighted by atomic mass is 32.2. The van der Waals surface area contributed by atoms with Gasteiger partial charge in [0.2, 0.25) is 11.2 Å². The van der Waals surface area contributed by atoms with E-state index < -0.39 is 28.9 Å². The largest absolute Gasteiger partial charge is 0.508 e. The molecule has 0 aliphatic rings. The highest BCUT2D eigenvalue weighted by molar-refractivity contribution is 7.98. The highest BCUT2D eigenvalue weighted by Crippen LogP contribution is 2.35. The first kappa shape index (κ1) is 21.4. The molecule has 0 saturated heterocycles. The Balaban J connectivity index is 1.98. The van der Waals surface area contributed by atoms with Crippen LogP contribution < -0.4 is 5.43 Å². The van der Waals surface area contributed by atoms with E-state index in [9.17, 15) is 24.2 Å². The molecule has 0 aliphatic heterocycles. The Labute approximate surface area is 175 Å². The number of benzene rings is 2. The molecule has 0 saturated carbocycles. The number of phenolic OH excluding ortho intramolecular Hbond substituents is 1. The van der Waals surface area contributed by atoms with Crippen molar-refractivity contribution in [3.05, 3.63) is 87.7 Å². The van der Waals surface area contributed by atoms with Gasteiger partial charge in [-0.2, -0.15) is 0 Å². The molecule has 0 radical (unpaired) electrons. The van der Waals surface area contributed by atoms with Crippen LogP contribution in [0.25, 0.3) is 0 Å². The van der Waals surface area contributed by atoms with Crippen LogP contribution in [0.2, 0.25) is 0 Å². The van der Waals surface area contributed by atoms with Crippen molar-refractivity contribution >= 4 is 17.7 Å². The first-order valence-corrected chi connectivity index (χ1v) is 9.96. The van der Waals surface area contributed by atoms with E-state index in [0.717, 1.165) is 17.8 Å². The highest BCUT2D eigenvalue weighted by Gasteiger charge is 2.26. The summed E-state index contributed by atoms with van der Waals surface area (Å²) in [5, 5.41) is 19.9. The van der Waals surface area contributed by atoms with Crippen molar-refractivity contribution in [1.82, 2.24) is 0 Å². The van der Waals surface area contributed by atoms with E-state index >= 15 is 0 Å². The summed E-state index contributed by atoms with van der Waals surface area (Å²) >= 11 is 1.14. The Kier molecular flexibility index (Phi) is 6.79. The maximum absolute atomic E-state index is 13.9. The van der Waals surface area contributed by atoms with Crippen LogP contribution in [0.15, 0.2) is 68.7 Å². The molecule has 3 rings (SSSR count). The van der Waals surface area contributed by atoms with E-state index in [0.29, 0.717) is 10.5 Å². The molecule has 156 valence electrons. The van der Waals surface area contributed by atoms with Crippen LogP contribution in [0.5, 0.6) is 11.5 Å². The fourth-order valence-electron chi connectivity index (χ4n) is 2.89. The molecule has 0 bridgehead atoms. The van der Waals surface area contributed by atoms with Crippen LogP contribution in [-0.4, -0.2) is 23.3 Å². The lowest BCUT2D eigenvalue weighted by Crippen LogP contribution is -2.14. The zero-order chi connectivity index (χ0) is 21.7. The van der Waals surface area contributed by atoms with Crippen LogP contribution in [0.4, 0.5) is 4.39 Å². The Morgan fingerprint density at radius 1 is 1.17 bits per heavy atom. The number of hydrogen-bond donors (Lipinski definition) is 2. The van der Waals surface area contributed by atoms with Crippen molar-refractivity contribution in [1.29, 1.82) is 0 Å². The van der Waals surface area contributed by atoms with Gasteiger partial charge in [0, 0.05) is 11.0 Å². The number of aromatic hydroxyl groups is 2. The van der Waals surface area contributed by atoms with Gasteiger partial charge in [-0.25, -0.2) is 4.39 Å². The van der Waals surface area contributed by atoms with Gasteiger partial charge in [0.05, 0.1) is 25.2 Å². The number of methoxy groups -OCH3 is 1. The predicted octanol–water partition coefficient (Wildman–Crippen LogP) is 4.18. The average Bonchev–Trinajstić information content (AvgIpc) is 2.74. The van der Waals surface area contributed by atoms with Gasteiger partial charge in [-0.3, -0.25) is 9.59 Å². The lowest BCUT2D eigenvalue weighted by molar-refractivity contribution is -0.140. The van der Waals surface area contributed by atoms with Gasteiger partial charge in [-0.05, 0) is 29.8 Å². The lowest BCUT2D eigenvalue weighted by atomic mass is 9.92. The molecule has 0 unspecified atom stereocenters. The molecule has 1 atom stereocenters. The van der Waals surface area contributed by atoms with Gasteiger partial charge in [0.1, 0.15) is 17.3 Å². The van der Waals surface area contributed by atoms with E-state index in [-0.39, 0.29) is 29.4 Å². The number of carbonyl (C=O) groups is 1. The minimum absolute atomic E-state index is 0.0243. The van der Waals surface area contributed by atoms with Crippen molar-refractivity contribution in [3.63, 3.8) is 0 Å². The van der Waals surface area contributed by atoms with Crippen LogP contribution in [0, 0.1) is 5.82 Å². The summed E-state index contributed by atoms with van der Waals surface area (Å²) in [6.07, 6.45) is -0.193. The molecule has 30 heavy (non-hydrogen) atoms. The number of hydrogen-bond acceptors (Lipinski definition) is 7. The molecule has 1 heterocycles. The van der Waals surface area contributed by atoms with Crippen molar-refractivity contribution in [3.8, 4) is 11.5 Å². The zero-order valence-electron chi connectivity index (χ0n) is 16.0. The topological polar surface area (TPSA) is 97.0 Å². The Hall–Kier alpha value is -3.26. The molecular formula is C22H19FO6S. The van der Waals surface area contributed by atoms with Crippen molar-refractivity contribution in [2.45, 2.75) is 23.0 Å². The van der Waals surface area contributed by atoms with E-state index in [1.165, 1.54) is 25.3 Å². The molecule has 2 aromatic carbocycles. The van der Waals surface area contributed by atoms with E-state index in [1.54, 1.807) is 30.3 Å². The monoisotopic (exact) mass is 430 g/mol. The van der Waals surface area contributed by atoms with Crippen LogP contribution in [0.1, 0.15) is 29.4 Å². The third-order valence-corrected chi connectivity index (χ3v) is 5.49. The lowest BCUT2D eigenvalue weighted by Gasteiger charge is -2.17. The van der Waals surface area contributed by atoms with E-state index in [4.69, 9.17) is 9.15 Å². The third kappa shape index (κ3) is 5.01. The summed E-state index contributed by atoms with van der Waals surface area (Å²) in [6, 6.07) is 13.3. The molecule has 1 aromatic heterocycles. The maximum Gasteiger partial charge on any atom is 0.306 e. The van der Waals surface area contributed by atoms with Crippen LogP contribution >= 0.6 is 11.8 Å². The summed E-state index contributed by atoms with van der Waals surface area (Å²) in [7, 11) is 1.23. The fraction of sp³-hybridized carbons (Fsp3) is 0.182. The van der Waals surface area contributed by atoms with Crippen LogP contribution in [-0.2, 0) is 15.3 Å². The second kappa shape index (κ2) is 9.49. The number of halogens is 1. The third-order valence-electron chi connectivity index (χ3n) is 4.42. The quantitative estimate of drug-likeness (QED) is 0.429. The zero-order valence-corrected chi connectivity index (χ0v) is 16.8. The average molecular weight is 430 g/mol. The van der Waals surface area contributed by atoms with Crippen molar-refractivity contribution in [2.75, 3.05) is 7.11 Å². The SMILES string of the molecule is COC(=O)C[C@@H](c1ccc(O)cc1)c1oc(CSc2ccccc2F)cc(=O)c1O. The fourth-order valence-corrected chi connectivity index (χ4v) is 3.71. The molecule has 6 nitrogen and oxygen atoms in total. The second-order valence-corrected chi connectivity index (χ2v) is 7.45. The summed E-state index contributed by atoms with van der Waals surface area (Å²) < 4.78 is 24.4. The Morgan fingerprint density at radius 2 is 1.87 bits per heavy atom. The molecule has 0 amide bonds. The molecule has 0 aliphatic carbocycles. The standard InChI is InChI=1S/C22H19FO6S/c1-28-20(26)11-16(13-6-8-14(24)9-7-13)22-21(27)18(25)10-15(29-22)12-30-19-5-3-2-4-17(19)23/h2-10,16,24,27H,11-12H2,1H3/t16-/m0/s1. The smallest absolute Gasteiger partial charge is 0.306 e. The minimum atomic E-state index is -0.816. The first-order chi connectivity index (χ1) is 14.4. The van der Waals surface area contributed by atoms with E-state index in [2.05, 4.69) is 0 Å². The van der Waals surface area contributed by atoms with Crippen LogP contribution in [0.3, 0.4) is 0 Å². The second-order valence-electron chi connectivity index (χ2n) is 6.43. The number of phenols is 1. The summed E-state index contributed by atoms with van der Waals surface area (Å²) in [5.74, 6) is -2.10. The number of ether oxygens (including phenoxy) is 1. The van der Waals surface area contributed by atoms with Crippen molar-refractivity contribution in [2.24, 2.45) is 0 Å². The van der Waals surface area contributed by atoms with E-state index in [1.807, 2.05) is 0 Å². The summed E-state index contributed by atoms with van der Waals surface area (Å²) in [4.78, 5) is 24.7. The molecule has 0 fully saturated rings.